The third-order valence-electron chi connectivity index (χ3n) is 4.99. The highest BCUT2D eigenvalue weighted by Gasteiger charge is 2.40. The minimum atomic E-state index is -3.39. The molecule has 0 spiro atoms. The van der Waals surface area contributed by atoms with Crippen molar-refractivity contribution in [3.8, 4) is 11.5 Å². The number of benzene rings is 2. The summed E-state index contributed by atoms with van der Waals surface area (Å²) in [7, 11) is -3.39. The Kier molecular flexibility index (Phi) is 4.38. The lowest BCUT2D eigenvalue weighted by molar-refractivity contribution is 0.0808. The molecule has 2 aliphatic rings. The minimum absolute atomic E-state index is 0.241. The van der Waals surface area contributed by atoms with E-state index in [4.69, 9.17) is 4.74 Å². The fraction of sp³-hybridized carbons (Fsp3) is 0.368. The van der Waals surface area contributed by atoms with Crippen LogP contribution in [0.2, 0.25) is 0 Å². The number of fused-ring (bicyclic) bond motifs is 2. The molecule has 26 heavy (non-hydrogen) atoms. The number of hydrogen-bond donors (Lipinski definition) is 2. The van der Waals surface area contributed by atoms with E-state index in [9.17, 15) is 13.5 Å². The van der Waals surface area contributed by atoms with Gasteiger partial charge in [-0.3, -0.25) is 0 Å². The zero-order chi connectivity index (χ0) is 18.3. The molecule has 1 fully saturated rings. The summed E-state index contributed by atoms with van der Waals surface area (Å²) in [4.78, 5) is 2.09. The highest BCUT2D eigenvalue weighted by molar-refractivity contribution is 7.88. The van der Waals surface area contributed by atoms with E-state index in [-0.39, 0.29) is 6.04 Å². The highest BCUT2D eigenvalue weighted by atomic mass is 32.2. The van der Waals surface area contributed by atoms with Crippen molar-refractivity contribution in [2.24, 2.45) is 0 Å². The largest absolute Gasteiger partial charge is 0.453 e. The minimum Gasteiger partial charge on any atom is -0.453 e. The molecule has 2 aromatic carbocycles. The summed E-state index contributed by atoms with van der Waals surface area (Å²) in [6, 6.07) is 14.7. The van der Waals surface area contributed by atoms with Gasteiger partial charge in [-0.15, -0.1) is 0 Å². The van der Waals surface area contributed by atoms with Crippen LogP contribution in [-0.4, -0.2) is 38.0 Å². The maximum Gasteiger partial charge on any atom is 0.209 e. The smallest absolute Gasteiger partial charge is 0.209 e. The van der Waals surface area contributed by atoms with Crippen LogP contribution in [0.15, 0.2) is 48.5 Å². The van der Waals surface area contributed by atoms with Gasteiger partial charge in [-0.25, -0.2) is 13.1 Å². The fourth-order valence-electron chi connectivity index (χ4n) is 3.93. The molecule has 1 heterocycles. The summed E-state index contributed by atoms with van der Waals surface area (Å²) in [6.07, 6.45) is 2.53. The van der Waals surface area contributed by atoms with Crippen LogP contribution in [0.4, 0.5) is 11.4 Å². The SMILES string of the molecule is CS(=O)(=O)N[C@H]1CCCC(N2c3ccccc3Oc3ccccc32)[C@@H]1O. The molecule has 0 bridgehead atoms. The molecule has 2 N–H and O–H groups in total. The van der Waals surface area contributed by atoms with Gasteiger partial charge in [-0.05, 0) is 43.5 Å². The summed E-state index contributed by atoms with van der Waals surface area (Å²) in [5.74, 6) is 1.47. The second-order valence-corrected chi connectivity index (χ2v) is 8.67. The van der Waals surface area contributed by atoms with Gasteiger partial charge in [0.2, 0.25) is 10.0 Å². The molecule has 1 saturated carbocycles. The molecular formula is C19H22N2O4S. The van der Waals surface area contributed by atoms with E-state index < -0.39 is 22.2 Å². The van der Waals surface area contributed by atoms with Crippen LogP contribution >= 0.6 is 0 Å². The zero-order valence-electron chi connectivity index (χ0n) is 14.5. The van der Waals surface area contributed by atoms with Gasteiger partial charge < -0.3 is 14.7 Å². The first kappa shape index (κ1) is 17.3. The number of hydrogen-bond acceptors (Lipinski definition) is 5. The topological polar surface area (TPSA) is 78.9 Å². The first-order valence-corrected chi connectivity index (χ1v) is 10.6. The lowest BCUT2D eigenvalue weighted by Gasteiger charge is -2.44. The van der Waals surface area contributed by atoms with Crippen molar-refractivity contribution in [1.82, 2.24) is 4.72 Å². The molecule has 1 aliphatic heterocycles. The quantitative estimate of drug-likeness (QED) is 0.864. The maximum absolute atomic E-state index is 11.7. The van der Waals surface area contributed by atoms with Gasteiger partial charge in [-0.2, -0.15) is 0 Å². The van der Waals surface area contributed by atoms with Gasteiger partial charge in [0, 0.05) is 6.04 Å². The average Bonchev–Trinajstić information content (AvgIpc) is 2.61. The van der Waals surface area contributed by atoms with Crippen molar-refractivity contribution in [3.05, 3.63) is 48.5 Å². The predicted molar refractivity (Wildman–Crippen MR) is 101 cm³/mol. The number of anilines is 2. The lowest BCUT2D eigenvalue weighted by Crippen LogP contribution is -2.55. The Bertz CT molecular complexity index is 870. The van der Waals surface area contributed by atoms with Crippen LogP contribution in [0.25, 0.3) is 0 Å². The number of ether oxygens (including phenoxy) is 1. The molecule has 3 atom stereocenters. The Balaban J connectivity index is 1.75. The van der Waals surface area contributed by atoms with Gasteiger partial charge in [0.05, 0.1) is 29.8 Å². The molecule has 0 aromatic heterocycles. The van der Waals surface area contributed by atoms with Crippen LogP contribution in [0, 0.1) is 0 Å². The Morgan fingerprint density at radius 2 is 1.62 bits per heavy atom. The third kappa shape index (κ3) is 3.18. The molecule has 0 amide bonds. The van der Waals surface area contributed by atoms with Crippen LogP contribution in [0.1, 0.15) is 19.3 Å². The molecule has 6 nitrogen and oxygen atoms in total. The van der Waals surface area contributed by atoms with Crippen molar-refractivity contribution in [3.63, 3.8) is 0 Å². The zero-order valence-corrected chi connectivity index (χ0v) is 15.3. The molecule has 138 valence electrons. The van der Waals surface area contributed by atoms with Gasteiger partial charge in [0.15, 0.2) is 11.5 Å². The normalized spacial score (nSPS) is 25.2. The number of para-hydroxylation sites is 4. The number of nitrogens with zero attached hydrogens (tertiary/aromatic N) is 1. The highest BCUT2D eigenvalue weighted by Crippen LogP contribution is 2.49. The first-order chi connectivity index (χ1) is 12.4. The van der Waals surface area contributed by atoms with Crippen LogP contribution in [0.5, 0.6) is 11.5 Å². The van der Waals surface area contributed by atoms with E-state index in [1.165, 1.54) is 0 Å². The van der Waals surface area contributed by atoms with Gasteiger partial charge in [-0.1, -0.05) is 24.3 Å². The van der Waals surface area contributed by atoms with E-state index in [0.717, 1.165) is 42.0 Å². The van der Waals surface area contributed by atoms with E-state index >= 15 is 0 Å². The van der Waals surface area contributed by atoms with E-state index in [2.05, 4.69) is 9.62 Å². The summed E-state index contributed by atoms with van der Waals surface area (Å²) in [6.45, 7) is 0. The monoisotopic (exact) mass is 374 g/mol. The lowest BCUT2D eigenvalue weighted by atomic mass is 9.86. The average molecular weight is 374 g/mol. The summed E-state index contributed by atoms with van der Waals surface area (Å²) < 4.78 is 31.9. The molecule has 7 heteroatoms. The van der Waals surface area contributed by atoms with Crippen molar-refractivity contribution in [2.75, 3.05) is 11.2 Å². The molecular weight excluding hydrogens is 352 g/mol. The van der Waals surface area contributed by atoms with Crippen molar-refractivity contribution in [2.45, 2.75) is 37.5 Å². The molecule has 2 aromatic rings. The van der Waals surface area contributed by atoms with Gasteiger partial charge in [0.1, 0.15) is 0 Å². The fourth-order valence-corrected chi connectivity index (χ4v) is 4.74. The molecule has 0 radical (unpaired) electrons. The summed E-state index contributed by atoms with van der Waals surface area (Å²) in [5, 5.41) is 11.0. The molecule has 0 saturated heterocycles. The van der Waals surface area contributed by atoms with Crippen molar-refractivity contribution < 1.29 is 18.3 Å². The number of sulfonamides is 1. The molecule has 4 rings (SSSR count). The third-order valence-corrected chi connectivity index (χ3v) is 5.72. The Morgan fingerprint density at radius 1 is 1.04 bits per heavy atom. The number of aliphatic hydroxyl groups excluding tert-OH is 1. The first-order valence-electron chi connectivity index (χ1n) is 8.74. The van der Waals surface area contributed by atoms with Crippen LogP contribution < -0.4 is 14.4 Å². The Hall–Kier alpha value is -2.09. The van der Waals surface area contributed by atoms with Crippen LogP contribution in [0.3, 0.4) is 0 Å². The maximum atomic E-state index is 11.7. The summed E-state index contributed by atoms with van der Waals surface area (Å²) >= 11 is 0. The second-order valence-electron chi connectivity index (χ2n) is 6.89. The van der Waals surface area contributed by atoms with Gasteiger partial charge >= 0.3 is 0 Å². The second kappa shape index (κ2) is 6.57. The number of rotatable bonds is 3. The number of aliphatic hydroxyl groups is 1. The van der Waals surface area contributed by atoms with Crippen molar-refractivity contribution >= 4 is 21.4 Å². The predicted octanol–water partition coefficient (Wildman–Crippen LogP) is 2.76. The summed E-state index contributed by atoms with van der Waals surface area (Å²) in [5.41, 5.74) is 1.77. The van der Waals surface area contributed by atoms with Gasteiger partial charge in [0.25, 0.3) is 0 Å². The van der Waals surface area contributed by atoms with E-state index in [0.29, 0.717) is 6.42 Å². The Labute approximate surface area is 153 Å². The van der Waals surface area contributed by atoms with Crippen LogP contribution in [-0.2, 0) is 10.0 Å². The molecule has 1 unspecified atom stereocenters. The standard InChI is InChI=1S/C19H22N2O4S/c1-26(23,24)20-13-7-6-10-16(19(13)22)21-14-8-2-4-11-17(14)25-18-12-5-3-9-15(18)21/h2-5,8-9,11-13,16,19-20,22H,6-7,10H2,1H3/t13-,16?,19+/m0/s1. The van der Waals surface area contributed by atoms with E-state index in [1.54, 1.807) is 0 Å². The molecule has 1 aliphatic carbocycles. The van der Waals surface area contributed by atoms with Crippen molar-refractivity contribution in [1.29, 1.82) is 0 Å². The Morgan fingerprint density at radius 3 is 2.19 bits per heavy atom. The van der Waals surface area contributed by atoms with E-state index in [1.807, 2.05) is 48.5 Å². The number of nitrogens with one attached hydrogen (secondary N) is 1.